The molecule has 0 aromatic heterocycles. The largest absolute Gasteiger partial charge is 0.354 e. The maximum atomic E-state index is 11.9. The smallest absolute Gasteiger partial charge is 0.223 e. The quantitative estimate of drug-likeness (QED) is 0.777. The Bertz CT molecular complexity index is 282. The number of rotatable bonds is 2. The molecule has 3 atom stereocenters. The second-order valence-electron chi connectivity index (χ2n) is 5.56. The number of hydrogen-bond acceptors (Lipinski definition) is 2. The normalized spacial score (nSPS) is 33.9. The zero-order valence-electron chi connectivity index (χ0n) is 10.2. The number of fused-ring (bicyclic) bond motifs is 2. The first-order valence-corrected chi connectivity index (χ1v) is 6.42. The molecule has 0 aromatic rings. The fourth-order valence-corrected chi connectivity index (χ4v) is 3.10. The van der Waals surface area contributed by atoms with Gasteiger partial charge in [0.1, 0.15) is 5.78 Å². The van der Waals surface area contributed by atoms with Gasteiger partial charge in [0.15, 0.2) is 0 Å². The van der Waals surface area contributed by atoms with E-state index >= 15 is 0 Å². The number of ketones is 1. The third-order valence-corrected chi connectivity index (χ3v) is 3.85. The van der Waals surface area contributed by atoms with Crippen molar-refractivity contribution in [3.05, 3.63) is 0 Å². The lowest BCUT2D eigenvalue weighted by atomic mass is 9.67. The van der Waals surface area contributed by atoms with Crippen molar-refractivity contribution in [3.63, 3.8) is 0 Å². The van der Waals surface area contributed by atoms with E-state index in [0.717, 1.165) is 25.7 Å². The summed E-state index contributed by atoms with van der Waals surface area (Å²) in [5, 5.41) is 2.97. The van der Waals surface area contributed by atoms with Crippen molar-refractivity contribution in [2.75, 3.05) is 0 Å². The van der Waals surface area contributed by atoms with Crippen LogP contribution in [0.15, 0.2) is 0 Å². The molecule has 2 aliphatic carbocycles. The van der Waals surface area contributed by atoms with Crippen LogP contribution in [0.4, 0.5) is 0 Å². The SMILES string of the molecule is CC(C)NC(=O)C1C[C@H]2CCC[C@@H](C1)C2=O. The van der Waals surface area contributed by atoms with E-state index in [1.54, 1.807) is 0 Å². The van der Waals surface area contributed by atoms with Gasteiger partial charge in [0.25, 0.3) is 0 Å². The molecule has 0 aromatic carbocycles. The molecule has 2 rings (SSSR count). The van der Waals surface area contributed by atoms with Gasteiger partial charge in [-0.25, -0.2) is 0 Å². The van der Waals surface area contributed by atoms with E-state index in [0.29, 0.717) is 5.78 Å². The fraction of sp³-hybridized carbons (Fsp3) is 0.846. The topological polar surface area (TPSA) is 46.2 Å². The maximum Gasteiger partial charge on any atom is 0.223 e. The molecule has 2 fully saturated rings. The van der Waals surface area contributed by atoms with Crippen LogP contribution in [0.1, 0.15) is 46.0 Å². The molecule has 1 N–H and O–H groups in total. The zero-order chi connectivity index (χ0) is 11.7. The van der Waals surface area contributed by atoms with Crippen LogP contribution in [0.3, 0.4) is 0 Å². The zero-order valence-corrected chi connectivity index (χ0v) is 10.2. The average Bonchev–Trinajstić information content (AvgIpc) is 2.15. The molecular weight excluding hydrogens is 202 g/mol. The Morgan fingerprint density at radius 2 is 1.81 bits per heavy atom. The van der Waals surface area contributed by atoms with Crippen LogP contribution in [-0.2, 0) is 9.59 Å². The number of carbonyl (C=O) groups is 2. The van der Waals surface area contributed by atoms with Gasteiger partial charge in [-0.05, 0) is 39.5 Å². The van der Waals surface area contributed by atoms with Crippen LogP contribution in [-0.4, -0.2) is 17.7 Å². The van der Waals surface area contributed by atoms with Crippen LogP contribution in [0, 0.1) is 17.8 Å². The summed E-state index contributed by atoms with van der Waals surface area (Å²) in [4.78, 5) is 23.8. The highest BCUT2D eigenvalue weighted by Gasteiger charge is 2.41. The standard InChI is InChI=1S/C13H21NO2/c1-8(2)14-13(16)11-6-9-4-3-5-10(7-11)12(9)15/h8-11H,3-7H2,1-2H3,(H,14,16)/t9-,10+,11?. The Labute approximate surface area is 97.0 Å². The lowest BCUT2D eigenvalue weighted by molar-refractivity contribution is -0.137. The van der Waals surface area contributed by atoms with Gasteiger partial charge in [0.05, 0.1) is 0 Å². The summed E-state index contributed by atoms with van der Waals surface area (Å²) in [6.45, 7) is 3.96. The molecule has 1 amide bonds. The molecule has 90 valence electrons. The highest BCUT2D eigenvalue weighted by Crippen LogP contribution is 2.40. The highest BCUT2D eigenvalue weighted by atomic mass is 16.2. The number of nitrogens with one attached hydrogen (secondary N) is 1. The maximum absolute atomic E-state index is 11.9. The van der Waals surface area contributed by atoms with Gasteiger partial charge < -0.3 is 5.32 Å². The van der Waals surface area contributed by atoms with Gasteiger partial charge in [-0.1, -0.05) is 6.42 Å². The summed E-state index contributed by atoms with van der Waals surface area (Å²) in [7, 11) is 0. The van der Waals surface area contributed by atoms with Crippen molar-refractivity contribution in [2.24, 2.45) is 17.8 Å². The van der Waals surface area contributed by atoms with Crippen LogP contribution < -0.4 is 5.32 Å². The van der Waals surface area contributed by atoms with Crippen molar-refractivity contribution in [1.82, 2.24) is 5.32 Å². The van der Waals surface area contributed by atoms with E-state index in [1.807, 2.05) is 13.8 Å². The first-order valence-electron chi connectivity index (χ1n) is 6.42. The minimum atomic E-state index is 0.0791. The average molecular weight is 223 g/mol. The van der Waals surface area contributed by atoms with Gasteiger partial charge in [-0.2, -0.15) is 0 Å². The first kappa shape index (κ1) is 11.6. The first-order chi connectivity index (χ1) is 7.58. The Morgan fingerprint density at radius 1 is 1.25 bits per heavy atom. The Kier molecular flexibility index (Phi) is 3.31. The minimum Gasteiger partial charge on any atom is -0.354 e. The third kappa shape index (κ3) is 2.28. The van der Waals surface area contributed by atoms with E-state index < -0.39 is 0 Å². The molecule has 2 bridgehead atoms. The second kappa shape index (κ2) is 4.56. The summed E-state index contributed by atoms with van der Waals surface area (Å²) in [6, 6.07) is 0.199. The highest BCUT2D eigenvalue weighted by molar-refractivity contribution is 5.88. The number of amides is 1. The fourth-order valence-electron chi connectivity index (χ4n) is 3.10. The van der Waals surface area contributed by atoms with Crippen molar-refractivity contribution in [2.45, 2.75) is 52.0 Å². The predicted octanol–water partition coefficient (Wildman–Crippen LogP) is 1.91. The minimum absolute atomic E-state index is 0.0791. The Hall–Kier alpha value is -0.860. The summed E-state index contributed by atoms with van der Waals surface area (Å²) in [6.07, 6.45) is 4.74. The summed E-state index contributed by atoms with van der Waals surface area (Å²) >= 11 is 0. The molecule has 0 saturated heterocycles. The molecular formula is C13H21NO2. The number of carbonyl (C=O) groups excluding carboxylic acids is 2. The molecule has 16 heavy (non-hydrogen) atoms. The summed E-state index contributed by atoms with van der Waals surface area (Å²) < 4.78 is 0. The van der Waals surface area contributed by atoms with E-state index in [9.17, 15) is 9.59 Å². The van der Waals surface area contributed by atoms with Gasteiger partial charge in [0, 0.05) is 23.8 Å². The van der Waals surface area contributed by atoms with E-state index in [-0.39, 0.29) is 29.7 Å². The molecule has 2 saturated carbocycles. The van der Waals surface area contributed by atoms with Gasteiger partial charge >= 0.3 is 0 Å². The molecule has 3 heteroatoms. The van der Waals surface area contributed by atoms with Gasteiger partial charge in [0.2, 0.25) is 5.91 Å². The van der Waals surface area contributed by atoms with Gasteiger partial charge in [-0.3, -0.25) is 9.59 Å². The van der Waals surface area contributed by atoms with Crippen molar-refractivity contribution < 1.29 is 9.59 Å². The number of Topliss-reactive ketones (excluding diaryl/α,β-unsaturated/α-hetero) is 1. The van der Waals surface area contributed by atoms with Crippen molar-refractivity contribution >= 4 is 11.7 Å². The molecule has 3 nitrogen and oxygen atoms in total. The van der Waals surface area contributed by atoms with Crippen LogP contribution in [0.25, 0.3) is 0 Å². The molecule has 0 spiro atoms. The predicted molar refractivity (Wildman–Crippen MR) is 61.8 cm³/mol. The third-order valence-electron chi connectivity index (χ3n) is 3.85. The van der Waals surface area contributed by atoms with Crippen molar-refractivity contribution in [3.8, 4) is 0 Å². The Morgan fingerprint density at radius 3 is 2.31 bits per heavy atom. The monoisotopic (exact) mass is 223 g/mol. The van der Waals surface area contributed by atoms with Crippen LogP contribution >= 0.6 is 0 Å². The van der Waals surface area contributed by atoms with Crippen LogP contribution in [0.2, 0.25) is 0 Å². The van der Waals surface area contributed by atoms with Crippen molar-refractivity contribution in [1.29, 1.82) is 0 Å². The van der Waals surface area contributed by atoms with Gasteiger partial charge in [-0.15, -0.1) is 0 Å². The summed E-state index contributed by atoms with van der Waals surface area (Å²) in [5.41, 5.74) is 0. The molecule has 0 heterocycles. The second-order valence-corrected chi connectivity index (χ2v) is 5.56. The Balaban J connectivity index is 1.99. The molecule has 2 aliphatic rings. The molecule has 1 unspecified atom stereocenters. The molecule has 0 radical (unpaired) electrons. The van der Waals surface area contributed by atoms with E-state index in [2.05, 4.69) is 5.32 Å². The van der Waals surface area contributed by atoms with E-state index in [1.165, 1.54) is 6.42 Å². The lowest BCUT2D eigenvalue weighted by Gasteiger charge is -2.37. The number of hydrogen-bond donors (Lipinski definition) is 1. The summed E-state index contributed by atoms with van der Waals surface area (Å²) in [5.74, 6) is 1.01. The van der Waals surface area contributed by atoms with Crippen LogP contribution in [0.5, 0.6) is 0 Å². The van der Waals surface area contributed by atoms with E-state index in [4.69, 9.17) is 0 Å². The molecule has 0 aliphatic heterocycles. The lowest BCUT2D eigenvalue weighted by Crippen LogP contribution is -2.44.